The summed E-state index contributed by atoms with van der Waals surface area (Å²) in [4.78, 5) is 22.5. The van der Waals surface area contributed by atoms with Crippen molar-refractivity contribution in [3.05, 3.63) is 83.1 Å². The van der Waals surface area contributed by atoms with Crippen LogP contribution < -0.4 is 5.32 Å². The molecular formula is C19H17ClN4O. The predicted molar refractivity (Wildman–Crippen MR) is 99.0 cm³/mol. The van der Waals surface area contributed by atoms with E-state index in [1.165, 1.54) is 12.4 Å². The van der Waals surface area contributed by atoms with Gasteiger partial charge in [-0.1, -0.05) is 54.1 Å². The molecule has 1 amide bonds. The number of anilines is 2. The molecule has 0 fully saturated rings. The summed E-state index contributed by atoms with van der Waals surface area (Å²) in [6.45, 7) is 0.527. The first kappa shape index (κ1) is 16.9. The molecule has 0 bridgehead atoms. The summed E-state index contributed by atoms with van der Waals surface area (Å²) < 4.78 is 0. The number of hydrogen-bond acceptors (Lipinski definition) is 4. The number of nitrogens with zero attached hydrogens (tertiary/aromatic N) is 3. The molecule has 0 radical (unpaired) electrons. The van der Waals surface area contributed by atoms with Gasteiger partial charge in [-0.05, 0) is 17.7 Å². The number of halogens is 1. The van der Waals surface area contributed by atoms with Gasteiger partial charge in [0.25, 0.3) is 5.91 Å². The van der Waals surface area contributed by atoms with Crippen molar-refractivity contribution in [2.45, 2.75) is 6.54 Å². The lowest BCUT2D eigenvalue weighted by Gasteiger charge is -2.17. The first-order valence-corrected chi connectivity index (χ1v) is 8.14. The van der Waals surface area contributed by atoms with Crippen LogP contribution in [0.25, 0.3) is 0 Å². The van der Waals surface area contributed by atoms with E-state index < -0.39 is 0 Å². The fourth-order valence-electron chi connectivity index (χ4n) is 2.34. The summed E-state index contributed by atoms with van der Waals surface area (Å²) in [5.41, 5.74) is 2.21. The molecule has 126 valence electrons. The zero-order valence-electron chi connectivity index (χ0n) is 13.7. The fraction of sp³-hybridized carbons (Fsp3) is 0.105. The Morgan fingerprint density at radius 3 is 2.36 bits per heavy atom. The molecule has 3 rings (SSSR count). The Bertz CT molecular complexity index is 853. The van der Waals surface area contributed by atoms with Gasteiger partial charge >= 0.3 is 0 Å². The van der Waals surface area contributed by atoms with Crippen molar-refractivity contribution in [3.63, 3.8) is 0 Å². The lowest BCUT2D eigenvalue weighted by molar-refractivity contribution is 0.0784. The maximum Gasteiger partial charge on any atom is 0.257 e. The van der Waals surface area contributed by atoms with Crippen molar-refractivity contribution >= 4 is 29.1 Å². The number of nitrogens with one attached hydrogen (secondary N) is 1. The van der Waals surface area contributed by atoms with Crippen molar-refractivity contribution in [2.24, 2.45) is 0 Å². The second kappa shape index (κ2) is 7.77. The van der Waals surface area contributed by atoms with E-state index in [0.29, 0.717) is 28.8 Å². The van der Waals surface area contributed by atoms with Crippen LogP contribution in [0, 0.1) is 0 Å². The van der Waals surface area contributed by atoms with Crippen LogP contribution in [-0.4, -0.2) is 27.8 Å². The molecule has 1 N–H and O–H groups in total. The quantitative estimate of drug-likeness (QED) is 0.749. The number of rotatable bonds is 5. The summed E-state index contributed by atoms with van der Waals surface area (Å²) >= 11 is 6.10. The topological polar surface area (TPSA) is 58.1 Å². The van der Waals surface area contributed by atoms with Crippen LogP contribution >= 0.6 is 11.6 Å². The van der Waals surface area contributed by atoms with E-state index in [1.807, 2.05) is 48.5 Å². The van der Waals surface area contributed by atoms with Crippen LogP contribution in [-0.2, 0) is 6.54 Å². The lowest BCUT2D eigenvalue weighted by Crippen LogP contribution is -2.26. The molecule has 0 spiro atoms. The number of para-hydroxylation sites is 1. The van der Waals surface area contributed by atoms with E-state index in [-0.39, 0.29) is 5.91 Å². The molecule has 25 heavy (non-hydrogen) atoms. The van der Waals surface area contributed by atoms with Crippen molar-refractivity contribution < 1.29 is 4.79 Å². The SMILES string of the molecule is CN(Cc1ccccc1)C(=O)c1cnc(Nc2ccccc2Cl)nc1. The maximum atomic E-state index is 12.5. The Hall–Kier alpha value is -2.92. The summed E-state index contributed by atoms with van der Waals surface area (Å²) in [6, 6.07) is 17.1. The molecule has 6 heteroatoms. The van der Waals surface area contributed by atoms with Crippen LogP contribution in [0.15, 0.2) is 67.0 Å². The Kier molecular flexibility index (Phi) is 5.26. The van der Waals surface area contributed by atoms with Crippen LogP contribution in [0.4, 0.5) is 11.6 Å². The lowest BCUT2D eigenvalue weighted by atomic mass is 10.2. The van der Waals surface area contributed by atoms with Gasteiger partial charge in [-0.2, -0.15) is 0 Å². The highest BCUT2D eigenvalue weighted by molar-refractivity contribution is 6.33. The van der Waals surface area contributed by atoms with Gasteiger partial charge in [-0.3, -0.25) is 4.79 Å². The number of aromatic nitrogens is 2. The van der Waals surface area contributed by atoms with Gasteiger partial charge in [0.05, 0.1) is 16.3 Å². The van der Waals surface area contributed by atoms with Gasteiger partial charge in [-0.25, -0.2) is 9.97 Å². The van der Waals surface area contributed by atoms with Gasteiger partial charge in [0.2, 0.25) is 5.95 Å². The van der Waals surface area contributed by atoms with Crippen LogP contribution in [0.5, 0.6) is 0 Å². The van der Waals surface area contributed by atoms with Crippen molar-refractivity contribution in [2.75, 3.05) is 12.4 Å². The number of benzene rings is 2. The van der Waals surface area contributed by atoms with E-state index in [1.54, 1.807) is 18.0 Å². The first-order chi connectivity index (χ1) is 12.1. The molecule has 5 nitrogen and oxygen atoms in total. The zero-order chi connectivity index (χ0) is 17.6. The zero-order valence-corrected chi connectivity index (χ0v) is 14.4. The number of amides is 1. The smallest absolute Gasteiger partial charge is 0.257 e. The van der Waals surface area contributed by atoms with Gasteiger partial charge < -0.3 is 10.2 Å². The van der Waals surface area contributed by atoms with E-state index in [0.717, 1.165) is 5.56 Å². The first-order valence-electron chi connectivity index (χ1n) is 7.76. The minimum absolute atomic E-state index is 0.131. The summed E-state index contributed by atoms with van der Waals surface area (Å²) in [6.07, 6.45) is 3.02. The Morgan fingerprint density at radius 2 is 1.68 bits per heavy atom. The molecule has 0 aliphatic rings. The summed E-state index contributed by atoms with van der Waals surface area (Å²) in [5, 5.41) is 3.61. The van der Waals surface area contributed by atoms with Gasteiger partial charge in [-0.15, -0.1) is 0 Å². The van der Waals surface area contributed by atoms with Crippen molar-refractivity contribution in [1.29, 1.82) is 0 Å². The van der Waals surface area contributed by atoms with Crippen molar-refractivity contribution in [1.82, 2.24) is 14.9 Å². The second-order valence-corrected chi connectivity index (χ2v) is 5.95. The van der Waals surface area contributed by atoms with Crippen LogP contribution in [0.3, 0.4) is 0 Å². The third-order valence-electron chi connectivity index (χ3n) is 3.63. The summed E-state index contributed by atoms with van der Waals surface area (Å²) in [5.74, 6) is 0.253. The normalized spacial score (nSPS) is 10.3. The molecule has 0 saturated carbocycles. The average molecular weight is 353 g/mol. The number of carbonyl (C=O) groups excluding carboxylic acids is 1. The Labute approximate surface area is 151 Å². The standard InChI is InChI=1S/C19H17ClN4O/c1-24(13-14-7-3-2-4-8-14)18(25)15-11-21-19(22-12-15)23-17-10-6-5-9-16(17)20/h2-12H,13H2,1H3,(H,21,22,23). The van der Waals surface area contributed by atoms with E-state index in [2.05, 4.69) is 15.3 Å². The monoisotopic (exact) mass is 352 g/mol. The highest BCUT2D eigenvalue weighted by Gasteiger charge is 2.13. The van der Waals surface area contributed by atoms with E-state index in [4.69, 9.17) is 11.6 Å². The maximum absolute atomic E-state index is 12.5. The highest BCUT2D eigenvalue weighted by Crippen LogP contribution is 2.23. The minimum Gasteiger partial charge on any atom is -0.337 e. The van der Waals surface area contributed by atoms with Gasteiger partial charge in [0, 0.05) is 26.0 Å². The van der Waals surface area contributed by atoms with E-state index in [9.17, 15) is 4.79 Å². The molecule has 0 aliphatic carbocycles. The molecule has 0 unspecified atom stereocenters. The molecule has 3 aromatic rings. The third-order valence-corrected chi connectivity index (χ3v) is 3.96. The van der Waals surface area contributed by atoms with E-state index >= 15 is 0 Å². The van der Waals surface area contributed by atoms with Crippen molar-refractivity contribution in [3.8, 4) is 0 Å². The average Bonchev–Trinajstić information content (AvgIpc) is 2.64. The highest BCUT2D eigenvalue weighted by atomic mass is 35.5. The van der Waals surface area contributed by atoms with Gasteiger partial charge in [0.15, 0.2) is 0 Å². The second-order valence-electron chi connectivity index (χ2n) is 5.55. The van der Waals surface area contributed by atoms with Crippen LogP contribution in [0.1, 0.15) is 15.9 Å². The summed E-state index contributed by atoms with van der Waals surface area (Å²) in [7, 11) is 1.76. The molecule has 0 atom stereocenters. The largest absolute Gasteiger partial charge is 0.337 e. The fourth-order valence-corrected chi connectivity index (χ4v) is 2.52. The Morgan fingerprint density at radius 1 is 1.04 bits per heavy atom. The minimum atomic E-state index is -0.131. The Balaban J connectivity index is 1.67. The molecule has 1 heterocycles. The third kappa shape index (κ3) is 4.33. The molecule has 0 aliphatic heterocycles. The number of carbonyl (C=O) groups is 1. The molecular weight excluding hydrogens is 336 g/mol. The van der Waals surface area contributed by atoms with Crippen LogP contribution in [0.2, 0.25) is 5.02 Å². The predicted octanol–water partition coefficient (Wildman–Crippen LogP) is 4.15. The molecule has 2 aromatic carbocycles. The van der Waals surface area contributed by atoms with Gasteiger partial charge in [0.1, 0.15) is 0 Å². The molecule has 0 saturated heterocycles. The number of hydrogen-bond donors (Lipinski definition) is 1. The molecule has 1 aromatic heterocycles.